The Morgan fingerprint density at radius 2 is 2.00 bits per heavy atom. The van der Waals surface area contributed by atoms with Crippen LogP contribution in [0.25, 0.3) is 0 Å². The van der Waals surface area contributed by atoms with E-state index in [0.717, 1.165) is 6.04 Å². The van der Waals surface area contributed by atoms with Gasteiger partial charge in [-0.1, -0.05) is 6.92 Å². The lowest BCUT2D eigenvalue weighted by molar-refractivity contribution is 0.609. The number of hydrogen-bond donors (Lipinski definition) is 0. The van der Waals surface area contributed by atoms with Gasteiger partial charge in [-0.05, 0) is 19.1 Å². The van der Waals surface area contributed by atoms with E-state index >= 15 is 0 Å². The third-order valence-corrected chi connectivity index (χ3v) is 5.04. The van der Waals surface area contributed by atoms with Gasteiger partial charge in [-0.2, -0.15) is 0 Å². The predicted molar refractivity (Wildman–Crippen MR) is 34.8 cm³/mol. The summed E-state index contributed by atoms with van der Waals surface area (Å²) in [6, 6.07) is 1.16. The first kappa shape index (κ1) is 7.39. The monoisotopic (exact) mass is 131 g/mol. The van der Waals surface area contributed by atoms with Crippen LogP contribution in [-0.2, 0) is 4.12 Å². The molecule has 0 aliphatic carbocycles. The molecule has 0 unspecified atom stereocenters. The average Bonchev–Trinajstić information content (AvgIpc) is 1.68. The van der Waals surface area contributed by atoms with Crippen molar-refractivity contribution in [2.75, 3.05) is 0 Å². The van der Waals surface area contributed by atoms with E-state index in [-0.39, 0.29) is 0 Å². The zero-order valence-electron chi connectivity index (χ0n) is 5.12. The van der Waals surface area contributed by atoms with Crippen LogP contribution in [0.4, 0.5) is 0 Å². The van der Waals surface area contributed by atoms with Crippen LogP contribution in [0.3, 0.4) is 0 Å². The van der Waals surface area contributed by atoms with Crippen LogP contribution in [-0.4, -0.2) is 18.8 Å². The number of rotatable bonds is 2. The molecule has 3 heteroatoms. The molecular weight excluding hydrogens is 120 g/mol. The molecule has 0 aromatic heterocycles. The van der Waals surface area contributed by atoms with Crippen LogP contribution >= 0.6 is 0 Å². The summed E-state index contributed by atoms with van der Waals surface area (Å²) >= 11 is 0. The molecule has 0 aliphatic heterocycles. The Morgan fingerprint density at radius 3 is 2.00 bits per heavy atom. The molecule has 0 amide bonds. The predicted octanol–water partition coefficient (Wildman–Crippen LogP) is 1.31. The molecule has 0 bridgehead atoms. The summed E-state index contributed by atoms with van der Waals surface area (Å²) in [7, 11) is 1.80. The largest absolute Gasteiger partial charge is 0.457 e. The maximum absolute atomic E-state index is 5.03. The van der Waals surface area contributed by atoms with E-state index in [1.807, 2.05) is 0 Å². The lowest BCUT2D eigenvalue weighted by Gasteiger charge is -2.16. The molecule has 0 aromatic rings. The summed E-state index contributed by atoms with van der Waals surface area (Å²) in [5.74, 6) is 0. The Hall–Kier alpha value is 0.394. The fraction of sp³-hybridized carbons (Fsp3) is 1.00. The Labute approximate surface area is 49.7 Å². The van der Waals surface area contributed by atoms with E-state index in [9.17, 15) is 0 Å². The first-order chi connectivity index (χ1) is 3.12. The van der Waals surface area contributed by atoms with Gasteiger partial charge in [0.15, 0.2) is 8.32 Å². The Bertz CT molecular complexity index is 47.7. The lowest BCUT2D eigenvalue weighted by atomic mass is 11.0. The van der Waals surface area contributed by atoms with Crippen molar-refractivity contribution in [1.29, 1.82) is 0 Å². The second kappa shape index (κ2) is 2.64. The summed E-state index contributed by atoms with van der Waals surface area (Å²) < 4.78 is 5.03. The first-order valence-corrected chi connectivity index (χ1v) is 5.99. The van der Waals surface area contributed by atoms with E-state index in [2.05, 4.69) is 30.5 Å². The smallest absolute Gasteiger partial charge is 0.230 e. The molecule has 3 radical (unpaired) electrons. The molecule has 0 saturated heterocycles. The molecule has 0 fully saturated rings. The molecule has 0 spiro atoms. The maximum Gasteiger partial charge on any atom is 0.230 e. The Balaban J connectivity index is 3.36. The van der Waals surface area contributed by atoms with Gasteiger partial charge < -0.3 is 4.12 Å². The molecular formula is C4H11OSi2. The van der Waals surface area contributed by atoms with Gasteiger partial charge >= 0.3 is 0 Å². The quantitative estimate of drug-likeness (QED) is 0.513. The van der Waals surface area contributed by atoms with Crippen LogP contribution in [0, 0.1) is 0 Å². The van der Waals surface area contributed by atoms with Crippen molar-refractivity contribution in [3.8, 4) is 0 Å². The minimum atomic E-state index is -1.24. The van der Waals surface area contributed by atoms with E-state index in [1.165, 1.54) is 0 Å². The van der Waals surface area contributed by atoms with Crippen LogP contribution in [0.2, 0.25) is 19.1 Å². The van der Waals surface area contributed by atoms with Crippen molar-refractivity contribution in [1.82, 2.24) is 0 Å². The van der Waals surface area contributed by atoms with Crippen LogP contribution in [0.5, 0.6) is 0 Å². The SMILES string of the molecule is CC[Si](C)(C)O[Si]. The summed E-state index contributed by atoms with van der Waals surface area (Å²) in [4.78, 5) is 0. The van der Waals surface area contributed by atoms with Gasteiger partial charge in [-0.25, -0.2) is 0 Å². The highest BCUT2D eigenvalue weighted by atomic mass is 28.4. The summed E-state index contributed by atoms with van der Waals surface area (Å²) in [6.45, 7) is 6.48. The minimum Gasteiger partial charge on any atom is -0.457 e. The van der Waals surface area contributed by atoms with Crippen molar-refractivity contribution in [3.63, 3.8) is 0 Å². The van der Waals surface area contributed by atoms with Crippen molar-refractivity contribution in [2.45, 2.75) is 26.1 Å². The lowest BCUT2D eigenvalue weighted by Crippen LogP contribution is -2.27. The highest BCUT2D eigenvalue weighted by molar-refractivity contribution is 6.73. The molecule has 0 aliphatic rings. The molecule has 0 atom stereocenters. The van der Waals surface area contributed by atoms with Crippen LogP contribution in [0.1, 0.15) is 6.92 Å². The summed E-state index contributed by atoms with van der Waals surface area (Å²) in [5, 5.41) is 0. The van der Waals surface area contributed by atoms with E-state index in [1.54, 1.807) is 0 Å². The number of hydrogen-bond acceptors (Lipinski definition) is 1. The van der Waals surface area contributed by atoms with Crippen molar-refractivity contribution < 1.29 is 4.12 Å². The van der Waals surface area contributed by atoms with Gasteiger partial charge in [0.05, 0.1) is 0 Å². The molecule has 0 rings (SSSR count). The topological polar surface area (TPSA) is 9.23 Å². The van der Waals surface area contributed by atoms with E-state index in [4.69, 9.17) is 4.12 Å². The van der Waals surface area contributed by atoms with E-state index < -0.39 is 8.32 Å². The standard InChI is InChI=1S/C4H11OSi2/c1-4-7(2,3)5-6/h4H2,1-3H3. The third kappa shape index (κ3) is 3.02. The molecule has 0 N–H and O–H groups in total. The van der Waals surface area contributed by atoms with Crippen molar-refractivity contribution >= 4 is 18.8 Å². The fourth-order valence-corrected chi connectivity index (χ4v) is 0.650. The highest BCUT2D eigenvalue weighted by Crippen LogP contribution is 2.06. The fourth-order valence-electron chi connectivity index (χ4n) is 0.0722. The second-order valence-corrected chi connectivity index (χ2v) is 7.26. The van der Waals surface area contributed by atoms with Gasteiger partial charge in [0.1, 0.15) is 0 Å². The zero-order valence-corrected chi connectivity index (χ0v) is 7.12. The van der Waals surface area contributed by atoms with Gasteiger partial charge in [-0.3, -0.25) is 0 Å². The van der Waals surface area contributed by atoms with Crippen molar-refractivity contribution in [3.05, 3.63) is 0 Å². The highest BCUT2D eigenvalue weighted by Gasteiger charge is 2.15. The maximum atomic E-state index is 5.03. The molecule has 0 saturated carbocycles. The normalized spacial score (nSPS) is 12.0. The molecule has 1 nitrogen and oxygen atoms in total. The third-order valence-electron chi connectivity index (χ3n) is 1.13. The molecule has 7 heavy (non-hydrogen) atoms. The van der Waals surface area contributed by atoms with Gasteiger partial charge in [0, 0.05) is 0 Å². The Morgan fingerprint density at radius 1 is 1.57 bits per heavy atom. The second-order valence-electron chi connectivity index (χ2n) is 2.22. The van der Waals surface area contributed by atoms with Crippen LogP contribution < -0.4 is 0 Å². The average molecular weight is 131 g/mol. The Kier molecular flexibility index (Phi) is 2.79. The van der Waals surface area contributed by atoms with Gasteiger partial charge in [0.25, 0.3) is 0 Å². The zero-order chi connectivity index (χ0) is 5.91. The van der Waals surface area contributed by atoms with Crippen molar-refractivity contribution in [2.24, 2.45) is 0 Å². The van der Waals surface area contributed by atoms with Gasteiger partial charge in [-0.15, -0.1) is 0 Å². The van der Waals surface area contributed by atoms with Crippen LogP contribution in [0.15, 0.2) is 0 Å². The molecule has 41 valence electrons. The summed E-state index contributed by atoms with van der Waals surface area (Å²) in [5.41, 5.74) is 0. The molecule has 0 heterocycles. The van der Waals surface area contributed by atoms with Gasteiger partial charge in [0.2, 0.25) is 10.5 Å². The minimum absolute atomic E-state index is 1.16. The molecule has 0 aromatic carbocycles. The summed E-state index contributed by atoms with van der Waals surface area (Å²) in [6.07, 6.45) is 0. The van der Waals surface area contributed by atoms with E-state index in [0.29, 0.717) is 0 Å². The first-order valence-electron chi connectivity index (χ1n) is 2.47.